The van der Waals surface area contributed by atoms with Gasteiger partial charge in [0.2, 0.25) is 11.8 Å². The Morgan fingerprint density at radius 3 is 2.24 bits per heavy atom. The molecule has 0 spiro atoms. The van der Waals surface area contributed by atoms with Crippen LogP contribution >= 0.6 is 0 Å². The SMILES string of the molecule is CC(N)C(=O)NC1CCN(Cc2ccc(-n3ccc(NC(=O)N4CCN(C(=O)C(C)(N)CO)CC4)nc3=O)cc2)CC1. The van der Waals surface area contributed by atoms with Crippen molar-refractivity contribution in [1.29, 1.82) is 0 Å². The monoisotopic (exact) mass is 583 g/mol. The van der Waals surface area contributed by atoms with E-state index in [9.17, 15) is 24.3 Å². The van der Waals surface area contributed by atoms with Gasteiger partial charge in [0.15, 0.2) is 0 Å². The van der Waals surface area contributed by atoms with E-state index in [1.54, 1.807) is 19.2 Å². The van der Waals surface area contributed by atoms with Crippen LogP contribution in [0.5, 0.6) is 0 Å². The van der Waals surface area contributed by atoms with E-state index in [4.69, 9.17) is 11.5 Å². The molecular formula is C28H41N9O5. The first-order valence-electron chi connectivity index (χ1n) is 14.2. The van der Waals surface area contributed by atoms with Gasteiger partial charge in [0.1, 0.15) is 11.4 Å². The number of piperidine rings is 1. The van der Waals surface area contributed by atoms with Crippen molar-refractivity contribution in [1.82, 2.24) is 29.6 Å². The van der Waals surface area contributed by atoms with Crippen LogP contribution < -0.4 is 27.8 Å². The topological polar surface area (TPSA) is 192 Å². The molecule has 228 valence electrons. The van der Waals surface area contributed by atoms with Crippen molar-refractivity contribution in [3.8, 4) is 5.69 Å². The Hall–Kier alpha value is -3.85. The normalized spacial score (nSPS) is 18.7. The number of amides is 4. The van der Waals surface area contributed by atoms with E-state index in [2.05, 4.69) is 20.5 Å². The van der Waals surface area contributed by atoms with Gasteiger partial charge in [0.25, 0.3) is 0 Å². The number of benzene rings is 1. The van der Waals surface area contributed by atoms with E-state index in [0.29, 0.717) is 5.69 Å². The number of nitrogens with one attached hydrogen (secondary N) is 2. The lowest BCUT2D eigenvalue weighted by Crippen LogP contribution is -2.60. The predicted octanol–water partition coefficient (Wildman–Crippen LogP) is -0.954. The number of urea groups is 1. The predicted molar refractivity (Wildman–Crippen MR) is 157 cm³/mol. The first-order chi connectivity index (χ1) is 20.0. The van der Waals surface area contributed by atoms with Gasteiger partial charge in [-0.2, -0.15) is 4.98 Å². The highest BCUT2D eigenvalue weighted by atomic mass is 16.3. The molecule has 2 fully saturated rings. The highest BCUT2D eigenvalue weighted by Crippen LogP contribution is 2.16. The van der Waals surface area contributed by atoms with Gasteiger partial charge in [-0.15, -0.1) is 0 Å². The molecule has 42 heavy (non-hydrogen) atoms. The summed E-state index contributed by atoms with van der Waals surface area (Å²) < 4.78 is 1.40. The van der Waals surface area contributed by atoms with Gasteiger partial charge in [0.05, 0.1) is 18.3 Å². The van der Waals surface area contributed by atoms with Gasteiger partial charge in [-0.3, -0.25) is 24.4 Å². The molecule has 2 unspecified atom stereocenters. The fraction of sp³-hybridized carbons (Fsp3) is 0.536. The van der Waals surface area contributed by atoms with Crippen LogP contribution in [0.15, 0.2) is 41.3 Å². The third kappa shape index (κ3) is 7.70. The zero-order valence-corrected chi connectivity index (χ0v) is 24.2. The van der Waals surface area contributed by atoms with Crippen LogP contribution in [0.3, 0.4) is 0 Å². The van der Waals surface area contributed by atoms with Crippen molar-refractivity contribution in [2.45, 2.75) is 50.9 Å². The molecule has 2 aliphatic heterocycles. The maximum Gasteiger partial charge on any atom is 0.354 e. The van der Waals surface area contributed by atoms with Gasteiger partial charge in [-0.1, -0.05) is 12.1 Å². The second kappa shape index (κ2) is 13.4. The fourth-order valence-electron chi connectivity index (χ4n) is 4.99. The molecule has 14 heteroatoms. The van der Waals surface area contributed by atoms with Crippen molar-refractivity contribution in [2.24, 2.45) is 11.5 Å². The summed E-state index contributed by atoms with van der Waals surface area (Å²) >= 11 is 0. The zero-order chi connectivity index (χ0) is 30.4. The van der Waals surface area contributed by atoms with Crippen molar-refractivity contribution in [3.63, 3.8) is 0 Å². The standard InChI is InChI=1S/C28H41N9O5/c1-19(29)24(39)31-21-7-10-34(11-8-21)17-20-3-5-22(6-4-20)37-12-9-23(33-27(37)42)32-26(41)36-15-13-35(14-16-36)25(40)28(2,30)18-38/h3-6,9,12,19,21,38H,7-8,10-11,13-18,29-30H2,1-2H3,(H,31,39)(H,32,33,41,42). The number of likely N-dealkylation sites (tertiary alicyclic amines) is 1. The van der Waals surface area contributed by atoms with Crippen molar-refractivity contribution < 1.29 is 19.5 Å². The van der Waals surface area contributed by atoms with Crippen LogP contribution in [0, 0.1) is 0 Å². The number of hydrogen-bond donors (Lipinski definition) is 5. The Morgan fingerprint density at radius 2 is 1.67 bits per heavy atom. The lowest BCUT2D eigenvalue weighted by molar-refractivity contribution is -0.139. The van der Waals surface area contributed by atoms with E-state index in [1.807, 2.05) is 24.3 Å². The van der Waals surface area contributed by atoms with Gasteiger partial charge >= 0.3 is 11.7 Å². The molecule has 1 aromatic carbocycles. The Labute approximate surface area is 244 Å². The van der Waals surface area contributed by atoms with Crippen LogP contribution in [0.4, 0.5) is 10.6 Å². The number of carbonyl (C=O) groups excluding carboxylic acids is 3. The maximum atomic E-state index is 12.8. The number of rotatable bonds is 8. The number of hydrogen-bond acceptors (Lipinski definition) is 9. The van der Waals surface area contributed by atoms with Crippen LogP contribution in [-0.4, -0.2) is 111 Å². The van der Waals surface area contributed by atoms with Crippen molar-refractivity contribution >= 4 is 23.7 Å². The largest absolute Gasteiger partial charge is 0.394 e. The second-order valence-corrected chi connectivity index (χ2v) is 11.3. The van der Waals surface area contributed by atoms with Crippen LogP contribution in [0.25, 0.3) is 5.69 Å². The molecule has 4 amide bonds. The lowest BCUT2D eigenvalue weighted by atomic mass is 10.0. The number of aliphatic hydroxyl groups excluding tert-OH is 1. The van der Waals surface area contributed by atoms with Gasteiger partial charge in [0, 0.05) is 58.1 Å². The third-order valence-electron chi connectivity index (χ3n) is 7.68. The Morgan fingerprint density at radius 1 is 1.05 bits per heavy atom. The Bertz CT molecular complexity index is 1310. The molecule has 0 saturated carbocycles. The molecule has 14 nitrogen and oxygen atoms in total. The molecule has 2 atom stereocenters. The average Bonchev–Trinajstić information content (AvgIpc) is 2.98. The highest BCUT2D eigenvalue weighted by Gasteiger charge is 2.34. The maximum absolute atomic E-state index is 12.8. The van der Waals surface area contributed by atoms with E-state index in [1.165, 1.54) is 21.3 Å². The summed E-state index contributed by atoms with van der Waals surface area (Å²) in [7, 11) is 0. The lowest BCUT2D eigenvalue weighted by Gasteiger charge is -2.37. The fourth-order valence-corrected chi connectivity index (χ4v) is 4.99. The molecule has 1 aromatic heterocycles. The molecule has 0 radical (unpaired) electrons. The first kappa shape index (κ1) is 31.1. The van der Waals surface area contributed by atoms with Crippen molar-refractivity contribution in [3.05, 3.63) is 52.6 Å². The Kier molecular flexibility index (Phi) is 9.93. The number of carbonyl (C=O) groups is 3. The second-order valence-electron chi connectivity index (χ2n) is 11.3. The van der Waals surface area contributed by atoms with E-state index in [0.717, 1.165) is 38.0 Å². The summed E-state index contributed by atoms with van der Waals surface area (Å²) in [5.41, 5.74) is 11.3. The minimum absolute atomic E-state index is 0.118. The summed E-state index contributed by atoms with van der Waals surface area (Å²) in [5.74, 6) is -0.354. The number of nitrogens with two attached hydrogens (primary N) is 2. The molecule has 2 saturated heterocycles. The molecule has 2 aromatic rings. The number of anilines is 1. The summed E-state index contributed by atoms with van der Waals surface area (Å²) in [6, 6.07) is 8.44. The highest BCUT2D eigenvalue weighted by molar-refractivity contribution is 5.89. The molecule has 0 aliphatic carbocycles. The molecule has 3 heterocycles. The summed E-state index contributed by atoms with van der Waals surface area (Å²) in [4.78, 5) is 59.1. The van der Waals surface area contributed by atoms with Gasteiger partial charge < -0.3 is 31.7 Å². The number of piperazine rings is 1. The van der Waals surface area contributed by atoms with Crippen molar-refractivity contribution in [2.75, 3.05) is 51.2 Å². The summed E-state index contributed by atoms with van der Waals surface area (Å²) in [5, 5.41) is 15.0. The van der Waals surface area contributed by atoms with Gasteiger partial charge in [-0.05, 0) is 50.5 Å². The number of aromatic nitrogens is 2. The molecule has 4 rings (SSSR count). The molecule has 2 aliphatic rings. The quantitative estimate of drug-likeness (QED) is 0.260. The van der Waals surface area contributed by atoms with E-state index >= 15 is 0 Å². The average molecular weight is 584 g/mol. The van der Waals surface area contributed by atoms with E-state index in [-0.39, 0.29) is 49.9 Å². The molecular weight excluding hydrogens is 542 g/mol. The van der Waals surface area contributed by atoms with Gasteiger partial charge in [-0.25, -0.2) is 9.59 Å². The molecule has 0 bridgehead atoms. The summed E-state index contributed by atoms with van der Waals surface area (Å²) in [6.45, 7) is 6.32. The number of nitrogens with zero attached hydrogens (tertiary/aromatic N) is 5. The van der Waals surface area contributed by atoms with Crippen LogP contribution in [0.1, 0.15) is 32.3 Å². The third-order valence-corrected chi connectivity index (χ3v) is 7.68. The molecule has 7 N–H and O–H groups in total. The first-order valence-corrected chi connectivity index (χ1v) is 14.2. The minimum Gasteiger partial charge on any atom is -0.394 e. The van der Waals surface area contributed by atoms with E-state index < -0.39 is 29.9 Å². The smallest absolute Gasteiger partial charge is 0.354 e. The Balaban J connectivity index is 1.27. The zero-order valence-electron chi connectivity index (χ0n) is 24.2. The van der Waals surface area contributed by atoms with Crippen LogP contribution in [-0.2, 0) is 16.1 Å². The number of aliphatic hydroxyl groups is 1. The minimum atomic E-state index is -1.36. The van der Waals surface area contributed by atoms with Crippen LogP contribution in [0.2, 0.25) is 0 Å². The summed E-state index contributed by atoms with van der Waals surface area (Å²) in [6.07, 6.45) is 3.30.